The van der Waals surface area contributed by atoms with E-state index in [9.17, 15) is 18.0 Å². The molecule has 1 fully saturated rings. The van der Waals surface area contributed by atoms with Gasteiger partial charge in [0.1, 0.15) is 5.75 Å². The molecule has 0 aromatic heterocycles. The molecule has 0 saturated heterocycles. The van der Waals surface area contributed by atoms with Crippen LogP contribution in [0.2, 0.25) is 10.0 Å². The van der Waals surface area contributed by atoms with Crippen LogP contribution < -0.4 is 10.6 Å². The number of amides is 2. The summed E-state index contributed by atoms with van der Waals surface area (Å²) in [5, 5.41) is 5.36. The first-order valence-corrected chi connectivity index (χ1v) is 10.5. The van der Waals surface area contributed by atoms with Crippen LogP contribution in [0.3, 0.4) is 0 Å². The van der Waals surface area contributed by atoms with Gasteiger partial charge in [-0.1, -0.05) is 36.0 Å². The number of hydrogen-bond acceptors (Lipinski definition) is 4. The standard InChI is InChI=1S/C16H20Cl2N2O4S/c17-13-6-5-11(9-14(13)18)16(22)20-8-7-19-15(21)10-25(23,24)12-3-1-2-4-12/h5-6,9,12H,1-4,7-8,10H2,(H,19,21)(H,20,22). The summed E-state index contributed by atoms with van der Waals surface area (Å²) in [6.45, 7) is 0.320. The van der Waals surface area contributed by atoms with Crippen molar-refractivity contribution in [3.8, 4) is 0 Å². The molecule has 0 atom stereocenters. The van der Waals surface area contributed by atoms with Gasteiger partial charge in [0.15, 0.2) is 9.84 Å². The average Bonchev–Trinajstić information content (AvgIpc) is 3.09. The van der Waals surface area contributed by atoms with Crippen molar-refractivity contribution in [1.29, 1.82) is 0 Å². The van der Waals surface area contributed by atoms with Gasteiger partial charge in [-0.3, -0.25) is 9.59 Å². The molecule has 2 N–H and O–H groups in total. The zero-order valence-electron chi connectivity index (χ0n) is 13.6. The molecule has 0 spiro atoms. The number of sulfone groups is 1. The van der Waals surface area contributed by atoms with E-state index in [1.54, 1.807) is 0 Å². The van der Waals surface area contributed by atoms with Crippen LogP contribution in [0, 0.1) is 0 Å². The number of nitrogens with one attached hydrogen (secondary N) is 2. The van der Waals surface area contributed by atoms with Crippen molar-refractivity contribution in [1.82, 2.24) is 10.6 Å². The smallest absolute Gasteiger partial charge is 0.251 e. The summed E-state index contributed by atoms with van der Waals surface area (Å²) in [5.74, 6) is -1.40. The van der Waals surface area contributed by atoms with E-state index < -0.39 is 26.7 Å². The fourth-order valence-corrected chi connectivity index (χ4v) is 4.77. The van der Waals surface area contributed by atoms with Crippen molar-refractivity contribution in [2.75, 3.05) is 18.8 Å². The molecule has 1 aliphatic rings. The fourth-order valence-electron chi connectivity index (χ4n) is 2.72. The Morgan fingerprint density at radius 2 is 1.68 bits per heavy atom. The van der Waals surface area contributed by atoms with Crippen LogP contribution in [0.5, 0.6) is 0 Å². The molecule has 2 amide bonds. The summed E-state index contributed by atoms with van der Waals surface area (Å²) >= 11 is 11.6. The normalized spacial score (nSPS) is 15.1. The molecule has 0 radical (unpaired) electrons. The SMILES string of the molecule is O=C(CS(=O)(=O)C1CCCC1)NCCNC(=O)c1ccc(Cl)c(Cl)c1. The molecule has 0 aliphatic heterocycles. The first kappa shape index (κ1) is 20.0. The number of benzene rings is 1. The predicted molar refractivity (Wildman–Crippen MR) is 97.8 cm³/mol. The highest BCUT2D eigenvalue weighted by molar-refractivity contribution is 7.92. The second-order valence-corrected chi connectivity index (χ2v) is 9.04. The number of carbonyl (C=O) groups is 2. The summed E-state index contributed by atoms with van der Waals surface area (Å²) in [6, 6.07) is 4.51. The topological polar surface area (TPSA) is 92.3 Å². The molecule has 1 aromatic carbocycles. The van der Waals surface area contributed by atoms with Crippen molar-refractivity contribution < 1.29 is 18.0 Å². The summed E-state index contributed by atoms with van der Waals surface area (Å²) in [4.78, 5) is 23.7. The Balaban J connectivity index is 1.72. The molecule has 1 aromatic rings. The highest BCUT2D eigenvalue weighted by Gasteiger charge is 2.30. The molecule has 138 valence electrons. The Bertz CT molecular complexity index is 747. The van der Waals surface area contributed by atoms with Crippen LogP contribution in [0.1, 0.15) is 36.0 Å². The lowest BCUT2D eigenvalue weighted by Crippen LogP contribution is -2.38. The maximum Gasteiger partial charge on any atom is 0.251 e. The van der Waals surface area contributed by atoms with Gasteiger partial charge in [-0.2, -0.15) is 0 Å². The molecule has 1 aliphatic carbocycles. The summed E-state index contributed by atoms with van der Waals surface area (Å²) in [7, 11) is -3.39. The summed E-state index contributed by atoms with van der Waals surface area (Å²) in [6.07, 6.45) is 3.06. The third-order valence-corrected chi connectivity index (χ3v) is 6.95. The molecule has 25 heavy (non-hydrogen) atoms. The van der Waals surface area contributed by atoms with Crippen LogP contribution in [-0.4, -0.2) is 44.3 Å². The Morgan fingerprint density at radius 3 is 2.32 bits per heavy atom. The van der Waals surface area contributed by atoms with E-state index in [2.05, 4.69) is 10.6 Å². The Morgan fingerprint density at radius 1 is 1.04 bits per heavy atom. The Labute approximate surface area is 157 Å². The average molecular weight is 407 g/mol. The van der Waals surface area contributed by atoms with Crippen LogP contribution in [0.15, 0.2) is 18.2 Å². The van der Waals surface area contributed by atoms with Crippen molar-refractivity contribution in [2.45, 2.75) is 30.9 Å². The van der Waals surface area contributed by atoms with Crippen LogP contribution in [-0.2, 0) is 14.6 Å². The van der Waals surface area contributed by atoms with Gasteiger partial charge in [-0.15, -0.1) is 0 Å². The summed E-state index contributed by atoms with van der Waals surface area (Å²) < 4.78 is 24.1. The largest absolute Gasteiger partial charge is 0.353 e. The Hall–Kier alpha value is -1.31. The molecule has 2 rings (SSSR count). The number of halogens is 2. The van der Waals surface area contributed by atoms with E-state index in [4.69, 9.17) is 23.2 Å². The lowest BCUT2D eigenvalue weighted by molar-refractivity contribution is -0.118. The third kappa shape index (κ3) is 5.87. The minimum Gasteiger partial charge on any atom is -0.353 e. The quantitative estimate of drug-likeness (QED) is 0.678. The monoisotopic (exact) mass is 406 g/mol. The second-order valence-electron chi connectivity index (χ2n) is 5.95. The minimum atomic E-state index is -3.39. The van der Waals surface area contributed by atoms with Crippen LogP contribution >= 0.6 is 23.2 Å². The number of carbonyl (C=O) groups excluding carboxylic acids is 2. The lowest BCUT2D eigenvalue weighted by Gasteiger charge is -2.11. The predicted octanol–water partition coefficient (Wildman–Crippen LogP) is 2.20. The summed E-state index contributed by atoms with van der Waals surface area (Å²) in [5.41, 5.74) is 0.351. The molecule has 0 unspecified atom stereocenters. The zero-order valence-corrected chi connectivity index (χ0v) is 15.9. The number of hydrogen-bond donors (Lipinski definition) is 2. The highest BCUT2D eigenvalue weighted by Crippen LogP contribution is 2.25. The molecule has 9 heteroatoms. The Kier molecular flexibility index (Phi) is 7.10. The minimum absolute atomic E-state index is 0.145. The van der Waals surface area contributed by atoms with E-state index in [0.29, 0.717) is 23.4 Å². The van der Waals surface area contributed by atoms with Gasteiger partial charge in [0.2, 0.25) is 5.91 Å². The van der Waals surface area contributed by atoms with Crippen molar-refractivity contribution in [3.63, 3.8) is 0 Å². The van der Waals surface area contributed by atoms with Crippen molar-refractivity contribution in [3.05, 3.63) is 33.8 Å². The van der Waals surface area contributed by atoms with E-state index in [0.717, 1.165) is 12.8 Å². The van der Waals surface area contributed by atoms with E-state index in [-0.39, 0.29) is 24.0 Å². The fraction of sp³-hybridized carbons (Fsp3) is 0.500. The number of rotatable bonds is 7. The zero-order chi connectivity index (χ0) is 18.4. The maximum absolute atomic E-state index is 12.1. The van der Waals surface area contributed by atoms with Gasteiger partial charge in [-0.05, 0) is 31.0 Å². The molecule has 0 heterocycles. The van der Waals surface area contributed by atoms with Crippen molar-refractivity contribution >= 4 is 44.9 Å². The van der Waals surface area contributed by atoms with Gasteiger partial charge >= 0.3 is 0 Å². The van der Waals surface area contributed by atoms with Gasteiger partial charge in [0, 0.05) is 18.7 Å². The first-order valence-electron chi connectivity index (χ1n) is 8.01. The molecule has 6 nitrogen and oxygen atoms in total. The molecular formula is C16H20Cl2N2O4S. The van der Waals surface area contributed by atoms with Gasteiger partial charge in [0.25, 0.3) is 5.91 Å². The van der Waals surface area contributed by atoms with Crippen molar-refractivity contribution in [2.24, 2.45) is 0 Å². The second kappa shape index (κ2) is 8.87. The molecule has 1 saturated carbocycles. The van der Waals surface area contributed by atoms with Gasteiger partial charge in [-0.25, -0.2) is 8.42 Å². The van der Waals surface area contributed by atoms with Gasteiger partial charge in [0.05, 0.1) is 15.3 Å². The molecule has 0 bridgehead atoms. The van der Waals surface area contributed by atoms with E-state index in [1.807, 2.05) is 0 Å². The van der Waals surface area contributed by atoms with E-state index in [1.165, 1.54) is 18.2 Å². The molecular weight excluding hydrogens is 387 g/mol. The van der Waals surface area contributed by atoms with E-state index >= 15 is 0 Å². The lowest BCUT2D eigenvalue weighted by atomic mass is 10.2. The van der Waals surface area contributed by atoms with Gasteiger partial charge < -0.3 is 10.6 Å². The van der Waals surface area contributed by atoms with Crippen LogP contribution in [0.4, 0.5) is 0 Å². The van der Waals surface area contributed by atoms with Crippen LogP contribution in [0.25, 0.3) is 0 Å². The maximum atomic E-state index is 12.1. The third-order valence-electron chi connectivity index (χ3n) is 4.06. The highest BCUT2D eigenvalue weighted by atomic mass is 35.5. The first-order chi connectivity index (χ1) is 11.8.